The SMILES string of the molecule is OCP(Br)(CO)(CO)CO. The molecule has 0 saturated heterocycles. The Hall–Kier alpha value is 0.750. The molecular formula is C4H12BrO4P. The predicted molar refractivity (Wildman–Crippen MR) is 44.2 cm³/mol. The molecule has 4 N–H and O–H groups in total. The quantitative estimate of drug-likeness (QED) is 0.502. The van der Waals surface area contributed by atoms with Gasteiger partial charge in [0, 0.05) is 0 Å². The van der Waals surface area contributed by atoms with Crippen LogP contribution in [0.1, 0.15) is 0 Å². The van der Waals surface area contributed by atoms with Crippen LogP contribution < -0.4 is 0 Å². The fourth-order valence-corrected chi connectivity index (χ4v) is 0.805. The van der Waals surface area contributed by atoms with E-state index in [4.69, 9.17) is 20.4 Å². The molecule has 0 unspecified atom stereocenters. The minimum absolute atomic E-state index is 0.394. The standard InChI is InChI=1S/C4H12BrO4P/c5-10(1-6,2-7,3-8)4-9/h6-9H,1-4H2. The molecule has 0 heterocycles. The van der Waals surface area contributed by atoms with Crippen LogP contribution in [0.25, 0.3) is 0 Å². The zero-order valence-corrected chi connectivity index (χ0v) is 7.92. The molecule has 0 aromatic heterocycles. The number of aliphatic hydroxyl groups excluding tert-OH is 4. The maximum absolute atomic E-state index is 8.77. The second-order valence-electron chi connectivity index (χ2n) is 2.39. The second-order valence-corrected chi connectivity index (χ2v) is 13.2. The van der Waals surface area contributed by atoms with Crippen molar-refractivity contribution < 1.29 is 20.4 Å². The number of rotatable bonds is 4. The van der Waals surface area contributed by atoms with E-state index in [1.165, 1.54) is 0 Å². The van der Waals surface area contributed by atoms with Crippen LogP contribution >= 0.6 is 20.8 Å². The molecule has 0 atom stereocenters. The third-order valence-corrected chi connectivity index (χ3v) is 6.93. The molecule has 0 spiro atoms. The van der Waals surface area contributed by atoms with Crippen molar-refractivity contribution in [2.45, 2.75) is 0 Å². The molecule has 0 aliphatic heterocycles. The van der Waals surface area contributed by atoms with Crippen LogP contribution in [0.4, 0.5) is 0 Å². The second kappa shape index (κ2) is 3.43. The van der Waals surface area contributed by atoms with E-state index in [1.54, 1.807) is 0 Å². The molecule has 0 aromatic carbocycles. The summed E-state index contributed by atoms with van der Waals surface area (Å²) in [6, 6.07) is 0. The summed E-state index contributed by atoms with van der Waals surface area (Å²) < 4.78 is 0. The monoisotopic (exact) mass is 234 g/mol. The Kier molecular flexibility index (Phi) is 3.69. The molecule has 0 saturated carbocycles. The summed E-state index contributed by atoms with van der Waals surface area (Å²) in [5, 5.41) is 32.0. The Morgan fingerprint density at radius 3 is 1.00 bits per heavy atom. The van der Waals surface area contributed by atoms with Gasteiger partial charge in [-0.3, -0.25) is 0 Å². The Balaban J connectivity index is 4.42. The van der Waals surface area contributed by atoms with E-state index in [2.05, 4.69) is 15.5 Å². The van der Waals surface area contributed by atoms with E-state index in [1.807, 2.05) is 0 Å². The van der Waals surface area contributed by atoms with Gasteiger partial charge in [-0.25, -0.2) is 0 Å². The molecule has 0 aromatic rings. The average Bonchev–Trinajstić information content (AvgIpc) is 2.04. The van der Waals surface area contributed by atoms with E-state index in [9.17, 15) is 0 Å². The van der Waals surface area contributed by atoms with Crippen LogP contribution in [0.5, 0.6) is 0 Å². The topological polar surface area (TPSA) is 80.9 Å². The summed E-state index contributed by atoms with van der Waals surface area (Å²) in [7, 11) is 0. The molecule has 0 rings (SSSR count). The summed E-state index contributed by atoms with van der Waals surface area (Å²) in [4.78, 5) is 0. The summed E-state index contributed by atoms with van der Waals surface area (Å²) in [6.07, 6.45) is -1.58. The molecule has 10 heavy (non-hydrogen) atoms. The first-order chi connectivity index (χ1) is 4.54. The number of aliphatic hydroxyl groups is 4. The van der Waals surface area contributed by atoms with Crippen LogP contribution in [0.2, 0.25) is 0 Å². The Morgan fingerprint density at radius 1 is 0.800 bits per heavy atom. The minimum atomic E-state index is -3.12. The van der Waals surface area contributed by atoms with E-state index in [0.29, 0.717) is 0 Å². The van der Waals surface area contributed by atoms with E-state index >= 15 is 0 Å². The molecule has 4 nitrogen and oxygen atoms in total. The van der Waals surface area contributed by atoms with Crippen molar-refractivity contribution in [1.82, 2.24) is 0 Å². The average molecular weight is 235 g/mol. The molecule has 64 valence electrons. The van der Waals surface area contributed by atoms with Crippen LogP contribution in [0.3, 0.4) is 0 Å². The number of hydrogen-bond acceptors (Lipinski definition) is 4. The molecule has 0 aliphatic rings. The van der Waals surface area contributed by atoms with Gasteiger partial charge in [-0.15, -0.1) is 0 Å². The fraction of sp³-hybridized carbons (Fsp3) is 1.00. The van der Waals surface area contributed by atoms with Gasteiger partial charge in [0.05, 0.1) is 0 Å². The van der Waals surface area contributed by atoms with Crippen molar-refractivity contribution in [3.8, 4) is 0 Å². The van der Waals surface area contributed by atoms with E-state index in [0.717, 1.165) is 0 Å². The third kappa shape index (κ3) is 1.87. The van der Waals surface area contributed by atoms with Gasteiger partial charge in [-0.1, -0.05) is 0 Å². The van der Waals surface area contributed by atoms with Crippen molar-refractivity contribution in [2.24, 2.45) is 0 Å². The van der Waals surface area contributed by atoms with Crippen LogP contribution in [-0.2, 0) is 0 Å². The van der Waals surface area contributed by atoms with Gasteiger partial charge in [-0.2, -0.15) is 0 Å². The van der Waals surface area contributed by atoms with Gasteiger partial charge in [0.1, 0.15) is 0 Å². The molecule has 0 bridgehead atoms. The molecule has 0 aliphatic carbocycles. The van der Waals surface area contributed by atoms with Crippen molar-refractivity contribution in [3.63, 3.8) is 0 Å². The van der Waals surface area contributed by atoms with Gasteiger partial charge in [-0.05, 0) is 0 Å². The van der Waals surface area contributed by atoms with Gasteiger partial charge in [0.2, 0.25) is 0 Å². The first kappa shape index (κ1) is 10.8. The first-order valence-electron chi connectivity index (χ1n) is 2.70. The summed E-state index contributed by atoms with van der Waals surface area (Å²) in [5.74, 6) is 0. The van der Waals surface area contributed by atoms with Crippen LogP contribution in [0, 0.1) is 0 Å². The zero-order valence-electron chi connectivity index (χ0n) is 5.44. The van der Waals surface area contributed by atoms with Gasteiger partial charge >= 0.3 is 66.6 Å². The molecule has 6 heteroatoms. The van der Waals surface area contributed by atoms with Crippen LogP contribution in [-0.4, -0.2) is 45.8 Å². The van der Waals surface area contributed by atoms with E-state index in [-0.39, 0.29) is 0 Å². The summed E-state index contributed by atoms with van der Waals surface area (Å²) >= 11 is 3.02. The number of hydrogen-bond donors (Lipinski definition) is 4. The Morgan fingerprint density at radius 2 is 1.00 bits per heavy atom. The maximum atomic E-state index is 8.77. The molecule has 0 amide bonds. The zero-order chi connectivity index (χ0) is 8.28. The Labute approximate surface area is 67.2 Å². The normalized spacial score (nSPS) is 16.3. The van der Waals surface area contributed by atoms with Crippen molar-refractivity contribution >= 4 is 20.8 Å². The van der Waals surface area contributed by atoms with Crippen molar-refractivity contribution in [2.75, 3.05) is 25.4 Å². The van der Waals surface area contributed by atoms with Crippen molar-refractivity contribution in [1.29, 1.82) is 0 Å². The number of halogens is 1. The third-order valence-electron chi connectivity index (χ3n) is 1.41. The van der Waals surface area contributed by atoms with Gasteiger partial charge in [0.15, 0.2) is 0 Å². The summed E-state index contributed by atoms with van der Waals surface area (Å²) in [5.41, 5.74) is 0. The van der Waals surface area contributed by atoms with E-state index < -0.39 is 30.7 Å². The fourth-order valence-electron chi connectivity index (χ4n) is 0.268. The molecule has 0 fully saturated rings. The molecular weight excluding hydrogens is 223 g/mol. The predicted octanol–water partition coefficient (Wildman–Crippen LogP) is -0.351. The van der Waals surface area contributed by atoms with Crippen molar-refractivity contribution in [3.05, 3.63) is 0 Å². The first-order valence-corrected chi connectivity index (χ1v) is 7.69. The van der Waals surface area contributed by atoms with Gasteiger partial charge in [0.25, 0.3) is 0 Å². The molecule has 0 radical (unpaired) electrons. The Bertz CT molecular complexity index is 92.3. The van der Waals surface area contributed by atoms with Crippen LogP contribution in [0.15, 0.2) is 0 Å². The summed E-state index contributed by atoms with van der Waals surface area (Å²) in [6.45, 7) is 0. The van der Waals surface area contributed by atoms with Gasteiger partial charge < -0.3 is 0 Å².